The van der Waals surface area contributed by atoms with Crippen molar-refractivity contribution in [2.75, 3.05) is 0 Å². The molecule has 0 bridgehead atoms. The SMILES string of the molecule is NCc1[nH]c(OC(F)(F)F)cc(=O)c1C(F)F. The summed E-state index contributed by atoms with van der Waals surface area (Å²) in [6, 6.07) is 0.300. The van der Waals surface area contributed by atoms with Gasteiger partial charge in [0.1, 0.15) is 0 Å². The normalized spacial score (nSPS) is 11.9. The molecule has 1 rings (SSSR count). The fourth-order valence-electron chi connectivity index (χ4n) is 1.18. The molecule has 0 aliphatic carbocycles. The monoisotopic (exact) mass is 258 g/mol. The van der Waals surface area contributed by atoms with Gasteiger partial charge in [-0.25, -0.2) is 8.78 Å². The Labute approximate surface area is 91.2 Å². The van der Waals surface area contributed by atoms with Crippen LogP contribution in [-0.4, -0.2) is 11.3 Å². The number of rotatable bonds is 3. The first-order valence-corrected chi connectivity index (χ1v) is 4.24. The predicted octanol–water partition coefficient (Wildman–Crippen LogP) is 1.67. The standard InChI is InChI=1S/C8H7F5N2O2/c9-7(10)6-3(2-14)15-5(1-4(6)16)17-8(11,12)13/h1,7H,2,14H2,(H,15,16). The second-order valence-corrected chi connectivity index (χ2v) is 2.94. The molecule has 3 N–H and O–H groups in total. The van der Waals surface area contributed by atoms with E-state index in [1.807, 2.05) is 4.98 Å². The first-order chi connectivity index (χ1) is 7.74. The second-order valence-electron chi connectivity index (χ2n) is 2.94. The van der Waals surface area contributed by atoms with Gasteiger partial charge in [-0.05, 0) is 0 Å². The molecular weight excluding hydrogens is 251 g/mol. The minimum absolute atomic E-state index is 0.300. The zero-order chi connectivity index (χ0) is 13.2. The van der Waals surface area contributed by atoms with Gasteiger partial charge in [-0.15, -0.1) is 13.2 Å². The summed E-state index contributed by atoms with van der Waals surface area (Å²) in [5, 5.41) is 0. The number of hydrogen-bond acceptors (Lipinski definition) is 3. The smallest absolute Gasteiger partial charge is 0.390 e. The highest BCUT2D eigenvalue weighted by molar-refractivity contribution is 5.27. The fraction of sp³-hybridized carbons (Fsp3) is 0.375. The Morgan fingerprint density at radius 1 is 1.41 bits per heavy atom. The molecule has 0 amide bonds. The first-order valence-electron chi connectivity index (χ1n) is 4.24. The first kappa shape index (κ1) is 13.4. The summed E-state index contributed by atoms with van der Waals surface area (Å²) in [5.74, 6) is -0.979. The van der Waals surface area contributed by atoms with Gasteiger partial charge in [0.2, 0.25) is 5.88 Å². The molecule has 0 saturated heterocycles. The summed E-state index contributed by atoms with van der Waals surface area (Å²) in [7, 11) is 0. The van der Waals surface area contributed by atoms with Gasteiger partial charge >= 0.3 is 6.36 Å². The van der Waals surface area contributed by atoms with E-state index in [1.54, 1.807) is 0 Å². The minimum atomic E-state index is -5.03. The van der Waals surface area contributed by atoms with Gasteiger partial charge in [0.25, 0.3) is 6.43 Å². The number of pyridine rings is 1. The van der Waals surface area contributed by atoms with Gasteiger partial charge in [-0.2, -0.15) is 0 Å². The van der Waals surface area contributed by atoms with Crippen molar-refractivity contribution in [1.29, 1.82) is 0 Å². The molecule has 0 atom stereocenters. The van der Waals surface area contributed by atoms with Crippen LogP contribution in [0.3, 0.4) is 0 Å². The summed E-state index contributed by atoms with van der Waals surface area (Å²) in [4.78, 5) is 13.0. The van der Waals surface area contributed by atoms with Crippen LogP contribution in [0.25, 0.3) is 0 Å². The number of ether oxygens (including phenoxy) is 1. The van der Waals surface area contributed by atoms with Gasteiger partial charge in [-0.1, -0.05) is 0 Å². The summed E-state index contributed by atoms with van der Waals surface area (Å²) < 4.78 is 63.7. The Morgan fingerprint density at radius 2 is 2.00 bits per heavy atom. The number of nitrogens with one attached hydrogen (secondary N) is 1. The number of nitrogens with two attached hydrogens (primary N) is 1. The van der Waals surface area contributed by atoms with Crippen LogP contribution in [0.4, 0.5) is 22.0 Å². The van der Waals surface area contributed by atoms with E-state index in [4.69, 9.17) is 5.73 Å². The number of hydrogen-bond donors (Lipinski definition) is 2. The van der Waals surface area contributed by atoms with Gasteiger partial charge in [0.15, 0.2) is 5.43 Å². The molecule has 0 saturated carbocycles. The van der Waals surface area contributed by atoms with Crippen LogP contribution in [0, 0.1) is 0 Å². The Balaban J connectivity index is 3.23. The van der Waals surface area contributed by atoms with Gasteiger partial charge in [-0.3, -0.25) is 4.79 Å². The minimum Gasteiger partial charge on any atom is -0.390 e. The topological polar surface area (TPSA) is 68.1 Å². The Hall–Kier alpha value is -1.64. The molecule has 0 radical (unpaired) electrons. The van der Waals surface area contributed by atoms with Crippen LogP contribution in [-0.2, 0) is 6.54 Å². The molecule has 4 nitrogen and oxygen atoms in total. The molecule has 1 heterocycles. The maximum atomic E-state index is 12.4. The maximum absolute atomic E-state index is 12.4. The van der Waals surface area contributed by atoms with Gasteiger partial charge in [0.05, 0.1) is 5.56 Å². The molecule has 17 heavy (non-hydrogen) atoms. The molecular formula is C8H7F5N2O2. The molecule has 1 aromatic heterocycles. The number of alkyl halides is 5. The quantitative estimate of drug-likeness (QED) is 0.810. The molecule has 0 aromatic carbocycles. The highest BCUT2D eigenvalue weighted by Crippen LogP contribution is 2.23. The van der Waals surface area contributed by atoms with Crippen LogP contribution in [0.1, 0.15) is 17.7 Å². The number of halogens is 5. The van der Waals surface area contributed by atoms with Crippen LogP contribution in [0.15, 0.2) is 10.9 Å². The third-order valence-electron chi connectivity index (χ3n) is 1.77. The van der Waals surface area contributed by atoms with E-state index in [0.29, 0.717) is 6.07 Å². The number of aromatic amines is 1. The maximum Gasteiger partial charge on any atom is 0.574 e. The highest BCUT2D eigenvalue weighted by Gasteiger charge is 2.32. The van der Waals surface area contributed by atoms with Crippen molar-refractivity contribution < 1.29 is 26.7 Å². The van der Waals surface area contributed by atoms with Crippen molar-refractivity contribution in [2.24, 2.45) is 5.73 Å². The predicted molar refractivity (Wildman–Crippen MR) is 46.6 cm³/mol. The number of H-pyrrole nitrogens is 1. The molecule has 0 spiro atoms. The molecule has 0 unspecified atom stereocenters. The Morgan fingerprint density at radius 3 is 2.41 bits per heavy atom. The summed E-state index contributed by atoms with van der Waals surface area (Å²) in [5.41, 5.74) is 2.33. The van der Waals surface area contributed by atoms with Crippen molar-refractivity contribution in [3.05, 3.63) is 27.5 Å². The molecule has 1 aromatic rings. The lowest BCUT2D eigenvalue weighted by atomic mass is 10.2. The van der Waals surface area contributed by atoms with Crippen LogP contribution in [0.5, 0.6) is 5.88 Å². The molecule has 0 fully saturated rings. The zero-order valence-electron chi connectivity index (χ0n) is 8.15. The van der Waals surface area contributed by atoms with Crippen molar-refractivity contribution >= 4 is 0 Å². The zero-order valence-corrected chi connectivity index (χ0v) is 8.15. The lowest BCUT2D eigenvalue weighted by molar-refractivity contribution is -0.276. The molecule has 0 aliphatic heterocycles. The van der Waals surface area contributed by atoms with Crippen molar-refractivity contribution in [3.8, 4) is 5.88 Å². The van der Waals surface area contributed by atoms with E-state index in [1.165, 1.54) is 0 Å². The van der Waals surface area contributed by atoms with E-state index < -0.39 is 41.9 Å². The second kappa shape index (κ2) is 4.70. The van der Waals surface area contributed by atoms with E-state index >= 15 is 0 Å². The fourth-order valence-corrected chi connectivity index (χ4v) is 1.18. The molecule has 9 heteroatoms. The summed E-state index contributed by atoms with van der Waals surface area (Å²) in [6.07, 6.45) is -8.15. The largest absolute Gasteiger partial charge is 0.574 e. The van der Waals surface area contributed by atoms with Crippen LogP contribution >= 0.6 is 0 Å². The van der Waals surface area contributed by atoms with Crippen molar-refractivity contribution in [2.45, 2.75) is 19.3 Å². The Kier molecular flexibility index (Phi) is 3.71. The summed E-state index contributed by atoms with van der Waals surface area (Å²) in [6.45, 7) is -0.538. The summed E-state index contributed by atoms with van der Waals surface area (Å²) >= 11 is 0. The van der Waals surface area contributed by atoms with Gasteiger partial charge < -0.3 is 15.5 Å². The van der Waals surface area contributed by atoms with Crippen LogP contribution in [0.2, 0.25) is 0 Å². The average molecular weight is 258 g/mol. The van der Waals surface area contributed by atoms with E-state index in [-0.39, 0.29) is 0 Å². The van der Waals surface area contributed by atoms with Crippen molar-refractivity contribution in [1.82, 2.24) is 4.98 Å². The third kappa shape index (κ3) is 3.41. The average Bonchev–Trinajstić information content (AvgIpc) is 2.12. The van der Waals surface area contributed by atoms with E-state index in [0.717, 1.165) is 0 Å². The highest BCUT2D eigenvalue weighted by atomic mass is 19.4. The Bertz CT molecular complexity index is 454. The molecule has 96 valence electrons. The van der Waals surface area contributed by atoms with Gasteiger partial charge in [0, 0.05) is 18.3 Å². The lowest BCUT2D eigenvalue weighted by Gasteiger charge is -2.12. The molecule has 0 aliphatic rings. The van der Waals surface area contributed by atoms with Crippen LogP contribution < -0.4 is 15.9 Å². The van der Waals surface area contributed by atoms with E-state index in [9.17, 15) is 26.7 Å². The van der Waals surface area contributed by atoms with Crippen molar-refractivity contribution in [3.63, 3.8) is 0 Å². The van der Waals surface area contributed by atoms with E-state index in [2.05, 4.69) is 4.74 Å². The lowest BCUT2D eigenvalue weighted by Crippen LogP contribution is -2.22. The third-order valence-corrected chi connectivity index (χ3v) is 1.77. The number of aromatic nitrogens is 1.